The van der Waals surface area contributed by atoms with Crippen molar-refractivity contribution in [3.8, 4) is 0 Å². The molecule has 0 amide bonds. The molecule has 0 aliphatic heterocycles. The van der Waals surface area contributed by atoms with Crippen molar-refractivity contribution in [2.24, 2.45) is 0 Å². The molecule has 6 heavy (non-hydrogen) atoms. The van der Waals surface area contributed by atoms with Gasteiger partial charge in [0.25, 0.3) is 0 Å². The zero-order valence-electron chi connectivity index (χ0n) is 2.46. The molecule has 0 aromatic rings. The van der Waals surface area contributed by atoms with Gasteiger partial charge in [-0.15, -0.1) is 0 Å². The van der Waals surface area contributed by atoms with Crippen molar-refractivity contribution in [3.63, 3.8) is 0 Å². The SMILES string of the molecule is [Cl-].[O]=[Sb]([O-])([O-])[O-]. The normalized spacial score (nSPS) is 9.83. The fraction of sp³-hybridized carbons (Fsp3) is 0. The molecule has 0 N–H and O–H groups in total. The van der Waals surface area contributed by atoms with E-state index in [-0.39, 0.29) is 12.4 Å². The second kappa shape index (κ2) is 2.88. The molecule has 0 heterocycles. The maximum absolute atomic E-state index is 8.64. The predicted molar refractivity (Wildman–Crippen MR) is 6.44 cm³/mol. The van der Waals surface area contributed by atoms with Crippen LogP contribution in [-0.4, -0.2) is 20.1 Å². The average molecular weight is 221 g/mol. The molecule has 0 aromatic heterocycles. The van der Waals surface area contributed by atoms with Crippen LogP contribution in [0.4, 0.5) is 0 Å². The van der Waals surface area contributed by atoms with Gasteiger partial charge >= 0.3 is 33.2 Å². The van der Waals surface area contributed by atoms with Gasteiger partial charge in [0, 0.05) is 0 Å². The number of hydrogen-bond donors (Lipinski definition) is 0. The van der Waals surface area contributed by atoms with Crippen LogP contribution in [0.15, 0.2) is 0 Å². The first-order chi connectivity index (χ1) is 2.00. The molecule has 0 aliphatic carbocycles. The summed E-state index contributed by atoms with van der Waals surface area (Å²) in [4.78, 5) is 0. The van der Waals surface area contributed by atoms with Gasteiger partial charge in [0.05, 0.1) is 0 Å². The van der Waals surface area contributed by atoms with Gasteiger partial charge in [0.1, 0.15) is 0 Å². The van der Waals surface area contributed by atoms with Crippen molar-refractivity contribution in [2.75, 3.05) is 0 Å². The van der Waals surface area contributed by atoms with Crippen LogP contribution in [0.5, 0.6) is 0 Å². The molecule has 0 spiro atoms. The Bertz CT molecular complexity index is 53.7. The van der Waals surface area contributed by atoms with E-state index in [0.717, 1.165) is 0 Å². The summed E-state index contributed by atoms with van der Waals surface area (Å²) >= 11 is -6.10. The van der Waals surface area contributed by atoms with Crippen LogP contribution < -0.4 is 22.6 Å². The molecule has 0 radical (unpaired) electrons. The Morgan fingerprint density at radius 1 is 1.17 bits per heavy atom. The fourth-order valence-electron chi connectivity index (χ4n) is 0. The molecule has 6 heteroatoms. The van der Waals surface area contributed by atoms with E-state index in [2.05, 4.69) is 0 Å². The quantitative estimate of drug-likeness (QED) is 0.380. The Morgan fingerprint density at radius 2 is 1.17 bits per heavy atom. The first-order valence-corrected chi connectivity index (χ1v) is 4.90. The molecule has 40 valence electrons. The van der Waals surface area contributed by atoms with Gasteiger partial charge in [-0.3, -0.25) is 0 Å². The summed E-state index contributed by atoms with van der Waals surface area (Å²) in [6, 6.07) is 0. The van der Waals surface area contributed by atoms with Gasteiger partial charge in [-0.05, 0) is 0 Å². The zero-order chi connectivity index (χ0) is 4.50. The van der Waals surface area contributed by atoms with E-state index < -0.39 is 20.1 Å². The van der Waals surface area contributed by atoms with Crippen molar-refractivity contribution in [3.05, 3.63) is 0 Å². The van der Waals surface area contributed by atoms with Gasteiger partial charge < -0.3 is 12.4 Å². The van der Waals surface area contributed by atoms with Crippen molar-refractivity contribution in [1.29, 1.82) is 0 Å². The van der Waals surface area contributed by atoms with E-state index in [0.29, 0.717) is 0 Å². The summed E-state index contributed by atoms with van der Waals surface area (Å²) in [5.41, 5.74) is 0. The van der Waals surface area contributed by atoms with Crippen LogP contribution in [-0.2, 0) is 3.02 Å². The summed E-state index contributed by atoms with van der Waals surface area (Å²) in [6.07, 6.45) is 0. The van der Waals surface area contributed by atoms with Crippen molar-refractivity contribution in [1.82, 2.24) is 0 Å². The summed E-state index contributed by atoms with van der Waals surface area (Å²) in [5.74, 6) is 0. The summed E-state index contributed by atoms with van der Waals surface area (Å²) in [5, 5.41) is 0. The summed E-state index contributed by atoms with van der Waals surface area (Å²) < 4.78 is 34.6. The van der Waals surface area contributed by atoms with Crippen LogP contribution in [0.25, 0.3) is 0 Å². The monoisotopic (exact) mass is 220 g/mol. The minimum atomic E-state index is -6.10. The van der Waals surface area contributed by atoms with E-state index >= 15 is 0 Å². The van der Waals surface area contributed by atoms with Crippen LogP contribution in [0.2, 0.25) is 0 Å². The Labute approximate surface area is 45.9 Å². The van der Waals surface area contributed by atoms with Gasteiger partial charge in [-0.1, -0.05) is 0 Å². The van der Waals surface area contributed by atoms with Crippen LogP contribution in [0.1, 0.15) is 0 Å². The molecule has 0 bridgehead atoms. The minimum absolute atomic E-state index is 0. The average Bonchev–Trinajstić information content (AvgIpc) is 0.722. The molecule has 0 unspecified atom stereocenters. The van der Waals surface area contributed by atoms with Crippen LogP contribution >= 0.6 is 0 Å². The summed E-state index contributed by atoms with van der Waals surface area (Å²) in [6.45, 7) is 0. The molecule has 0 saturated carbocycles. The summed E-state index contributed by atoms with van der Waals surface area (Å²) in [7, 11) is 0. The van der Waals surface area contributed by atoms with Crippen molar-refractivity contribution < 1.29 is 25.6 Å². The Balaban J connectivity index is 0. The van der Waals surface area contributed by atoms with Gasteiger partial charge in [-0.2, -0.15) is 0 Å². The molecule has 4 nitrogen and oxygen atoms in total. The molecular formula is ClO4Sb-4. The Morgan fingerprint density at radius 3 is 1.17 bits per heavy atom. The molecule has 0 aliphatic rings. The van der Waals surface area contributed by atoms with Gasteiger partial charge in [0.2, 0.25) is 0 Å². The van der Waals surface area contributed by atoms with Crippen molar-refractivity contribution >= 4 is 20.1 Å². The predicted octanol–water partition coefficient (Wildman–Crippen LogP) is -7.06. The fourth-order valence-corrected chi connectivity index (χ4v) is 0. The van der Waals surface area contributed by atoms with E-state index in [1.54, 1.807) is 0 Å². The topological polar surface area (TPSA) is 86.2 Å². The second-order valence-corrected chi connectivity index (χ2v) is 3.00. The molecule has 0 rings (SSSR count). The molecule has 0 aromatic carbocycles. The Hall–Kier alpha value is 0.788. The first-order valence-electron chi connectivity index (χ1n) is 0.730. The third kappa shape index (κ3) is 111. The molecular weight excluding hydrogens is 221 g/mol. The molecule has 0 atom stereocenters. The number of halogens is 1. The Kier molecular flexibility index (Phi) is 4.76. The van der Waals surface area contributed by atoms with Crippen LogP contribution in [0.3, 0.4) is 0 Å². The third-order valence-corrected chi connectivity index (χ3v) is 0. The van der Waals surface area contributed by atoms with Gasteiger partial charge in [0.15, 0.2) is 0 Å². The third-order valence-electron chi connectivity index (χ3n) is 0. The first kappa shape index (κ1) is 9.92. The van der Waals surface area contributed by atoms with E-state index in [1.165, 1.54) is 0 Å². The second-order valence-electron chi connectivity index (χ2n) is 0.447. The number of rotatable bonds is 0. The van der Waals surface area contributed by atoms with Gasteiger partial charge in [-0.25, -0.2) is 0 Å². The van der Waals surface area contributed by atoms with E-state index in [4.69, 9.17) is 13.2 Å². The molecule has 0 saturated heterocycles. The standard InChI is InChI=1S/ClH.4O.Sb/h1H;;;;;/q;;3*-1;/p-1. The zero-order valence-corrected chi connectivity index (χ0v) is 5.77. The van der Waals surface area contributed by atoms with Crippen molar-refractivity contribution in [2.45, 2.75) is 0 Å². The molecule has 0 fully saturated rings. The van der Waals surface area contributed by atoms with Crippen LogP contribution in [0, 0.1) is 0 Å². The van der Waals surface area contributed by atoms with E-state index in [9.17, 15) is 0 Å². The maximum atomic E-state index is 8.64. The number of hydrogen-bond acceptors (Lipinski definition) is 4. The van der Waals surface area contributed by atoms with E-state index in [1.807, 2.05) is 0 Å².